The van der Waals surface area contributed by atoms with Crippen LogP contribution in [0.1, 0.15) is 35.7 Å². The fourth-order valence-electron chi connectivity index (χ4n) is 4.61. The SMILES string of the molecule is Fc1cc(F)c(-c2ncc(C3CC3)c(Nc3ccnc(Cc4ccc(N5CCNCC5)cc4)n3)n2)cc1Cl. The van der Waals surface area contributed by atoms with E-state index >= 15 is 0 Å². The number of hydrogen-bond donors (Lipinski definition) is 2. The van der Waals surface area contributed by atoms with Gasteiger partial charge in [-0.15, -0.1) is 0 Å². The molecule has 1 aliphatic heterocycles. The second-order valence-electron chi connectivity index (χ2n) is 9.58. The van der Waals surface area contributed by atoms with Gasteiger partial charge in [-0.05, 0) is 48.6 Å². The fraction of sp³-hybridized carbons (Fsp3) is 0.286. The summed E-state index contributed by atoms with van der Waals surface area (Å²) in [5, 5.41) is 6.47. The van der Waals surface area contributed by atoms with Gasteiger partial charge < -0.3 is 15.5 Å². The Morgan fingerprint density at radius 1 is 0.974 bits per heavy atom. The molecule has 2 aliphatic rings. The van der Waals surface area contributed by atoms with Gasteiger partial charge in [0.05, 0.1) is 10.6 Å². The molecule has 0 spiro atoms. The van der Waals surface area contributed by atoms with Crippen LogP contribution < -0.4 is 15.5 Å². The first-order valence-corrected chi connectivity index (χ1v) is 13.1. The molecule has 1 saturated heterocycles. The standard InChI is InChI=1S/C28H26ClF2N7/c29-22-14-20(23(30)15-24(22)31)27-34-16-21(18-3-4-18)28(37-27)36-25-7-8-33-26(35-25)13-17-1-5-19(6-2-17)38-11-9-32-10-12-38/h1-2,5-8,14-16,18,32H,3-4,9-13H2,(H,33,34,35,36,37). The first kappa shape index (κ1) is 24.6. The van der Waals surface area contributed by atoms with Gasteiger partial charge >= 0.3 is 0 Å². The van der Waals surface area contributed by atoms with Crippen molar-refractivity contribution >= 4 is 28.9 Å². The quantitative estimate of drug-likeness (QED) is 0.304. The van der Waals surface area contributed by atoms with E-state index < -0.39 is 11.6 Å². The lowest BCUT2D eigenvalue weighted by atomic mass is 10.1. The van der Waals surface area contributed by atoms with E-state index in [9.17, 15) is 8.78 Å². The Bertz CT molecular complexity index is 1450. The van der Waals surface area contributed by atoms with Gasteiger partial charge in [0.25, 0.3) is 0 Å². The van der Waals surface area contributed by atoms with Crippen LogP contribution in [0.2, 0.25) is 5.02 Å². The molecule has 0 amide bonds. The van der Waals surface area contributed by atoms with Gasteiger partial charge in [0, 0.05) is 62.3 Å². The lowest BCUT2D eigenvalue weighted by Crippen LogP contribution is -2.43. The predicted octanol–water partition coefficient (Wildman–Crippen LogP) is 5.49. The summed E-state index contributed by atoms with van der Waals surface area (Å²) in [7, 11) is 0. The van der Waals surface area contributed by atoms with E-state index in [1.54, 1.807) is 18.5 Å². The third kappa shape index (κ3) is 5.44. The van der Waals surface area contributed by atoms with Gasteiger partial charge in [0.15, 0.2) is 5.82 Å². The summed E-state index contributed by atoms with van der Waals surface area (Å²) in [4.78, 5) is 20.5. The van der Waals surface area contributed by atoms with Crippen LogP contribution in [0.25, 0.3) is 11.4 Å². The molecule has 7 nitrogen and oxygen atoms in total. The van der Waals surface area contributed by atoms with E-state index in [1.807, 2.05) is 0 Å². The van der Waals surface area contributed by atoms with Crippen molar-refractivity contribution in [3.05, 3.63) is 88.5 Å². The number of aromatic nitrogens is 4. The van der Waals surface area contributed by atoms with Crippen molar-refractivity contribution in [3.8, 4) is 11.4 Å². The molecule has 2 aromatic heterocycles. The van der Waals surface area contributed by atoms with Crippen molar-refractivity contribution < 1.29 is 8.78 Å². The van der Waals surface area contributed by atoms with Crippen LogP contribution >= 0.6 is 11.6 Å². The third-order valence-electron chi connectivity index (χ3n) is 6.82. The Morgan fingerprint density at radius 2 is 1.76 bits per heavy atom. The van der Waals surface area contributed by atoms with Crippen LogP contribution in [0.5, 0.6) is 0 Å². The molecule has 38 heavy (non-hydrogen) atoms. The Morgan fingerprint density at radius 3 is 2.53 bits per heavy atom. The Labute approximate surface area is 224 Å². The first-order valence-electron chi connectivity index (χ1n) is 12.7. The van der Waals surface area contributed by atoms with Crippen LogP contribution in [0.4, 0.5) is 26.1 Å². The van der Waals surface area contributed by atoms with E-state index in [2.05, 4.69) is 54.8 Å². The topological polar surface area (TPSA) is 78.9 Å². The summed E-state index contributed by atoms with van der Waals surface area (Å²) >= 11 is 5.89. The molecule has 0 bridgehead atoms. The van der Waals surface area contributed by atoms with E-state index in [1.165, 1.54) is 11.8 Å². The molecule has 3 heterocycles. The zero-order valence-electron chi connectivity index (χ0n) is 20.6. The molecule has 0 atom stereocenters. The molecule has 2 fully saturated rings. The third-order valence-corrected chi connectivity index (χ3v) is 7.11. The Balaban J connectivity index is 1.23. The number of rotatable bonds is 7. The summed E-state index contributed by atoms with van der Waals surface area (Å²) in [5.74, 6) is 0.651. The van der Waals surface area contributed by atoms with Crippen molar-refractivity contribution in [2.75, 3.05) is 36.4 Å². The smallest absolute Gasteiger partial charge is 0.164 e. The van der Waals surface area contributed by atoms with Crippen molar-refractivity contribution in [2.24, 2.45) is 0 Å². The second kappa shape index (κ2) is 10.6. The molecular formula is C28H26ClF2N7. The number of piperazine rings is 1. The maximum Gasteiger partial charge on any atom is 0.164 e. The van der Waals surface area contributed by atoms with Crippen molar-refractivity contribution in [2.45, 2.75) is 25.2 Å². The summed E-state index contributed by atoms with van der Waals surface area (Å²) in [6.07, 6.45) is 6.06. The average Bonchev–Trinajstić information content (AvgIpc) is 3.77. The molecule has 194 valence electrons. The number of halogens is 3. The van der Waals surface area contributed by atoms with Gasteiger partial charge in [-0.25, -0.2) is 28.7 Å². The molecule has 2 N–H and O–H groups in total. The minimum atomic E-state index is -0.826. The van der Waals surface area contributed by atoms with Gasteiger partial charge in [0.1, 0.15) is 29.1 Å². The molecule has 6 rings (SSSR count). The number of benzene rings is 2. The minimum Gasteiger partial charge on any atom is -0.369 e. The summed E-state index contributed by atoms with van der Waals surface area (Å²) in [6, 6.07) is 12.2. The molecule has 0 radical (unpaired) electrons. The average molecular weight is 534 g/mol. The fourth-order valence-corrected chi connectivity index (χ4v) is 4.78. The van der Waals surface area contributed by atoms with Crippen molar-refractivity contribution in [3.63, 3.8) is 0 Å². The van der Waals surface area contributed by atoms with E-state index in [0.29, 0.717) is 29.8 Å². The Kier molecular flexibility index (Phi) is 6.86. The Hall–Kier alpha value is -3.69. The first-order chi connectivity index (χ1) is 18.5. The van der Waals surface area contributed by atoms with Crippen molar-refractivity contribution in [1.82, 2.24) is 25.3 Å². The summed E-state index contributed by atoms with van der Waals surface area (Å²) < 4.78 is 28.2. The number of hydrogen-bond acceptors (Lipinski definition) is 7. The highest BCUT2D eigenvalue weighted by Crippen LogP contribution is 2.43. The monoisotopic (exact) mass is 533 g/mol. The van der Waals surface area contributed by atoms with Gasteiger partial charge in [0.2, 0.25) is 0 Å². The van der Waals surface area contributed by atoms with E-state index in [4.69, 9.17) is 16.6 Å². The summed E-state index contributed by atoms with van der Waals surface area (Å²) in [5.41, 5.74) is 3.31. The maximum atomic E-state index is 14.5. The number of nitrogens with zero attached hydrogens (tertiary/aromatic N) is 5. The van der Waals surface area contributed by atoms with Crippen LogP contribution in [0.3, 0.4) is 0 Å². The molecule has 0 unspecified atom stereocenters. The van der Waals surface area contributed by atoms with Crippen LogP contribution in [-0.4, -0.2) is 46.1 Å². The van der Waals surface area contributed by atoms with Crippen LogP contribution in [0.15, 0.2) is 54.9 Å². The second-order valence-corrected chi connectivity index (χ2v) is 9.99. The van der Waals surface area contributed by atoms with Gasteiger partial charge in [-0.2, -0.15) is 0 Å². The molecule has 10 heteroatoms. The number of nitrogens with one attached hydrogen (secondary N) is 2. The van der Waals surface area contributed by atoms with E-state index in [-0.39, 0.29) is 16.4 Å². The molecule has 1 saturated carbocycles. The molecular weight excluding hydrogens is 508 g/mol. The lowest BCUT2D eigenvalue weighted by Gasteiger charge is -2.29. The molecule has 4 aromatic rings. The van der Waals surface area contributed by atoms with Crippen molar-refractivity contribution in [1.29, 1.82) is 0 Å². The number of anilines is 3. The van der Waals surface area contributed by atoms with Gasteiger partial charge in [-0.3, -0.25) is 0 Å². The van der Waals surface area contributed by atoms with Crippen LogP contribution in [0, 0.1) is 11.6 Å². The highest BCUT2D eigenvalue weighted by atomic mass is 35.5. The zero-order valence-corrected chi connectivity index (χ0v) is 21.3. The molecule has 1 aliphatic carbocycles. The minimum absolute atomic E-state index is 0.0365. The van der Waals surface area contributed by atoms with E-state index in [0.717, 1.165) is 56.2 Å². The summed E-state index contributed by atoms with van der Waals surface area (Å²) in [6.45, 7) is 4.01. The predicted molar refractivity (Wildman–Crippen MR) is 144 cm³/mol. The normalized spacial score (nSPS) is 15.5. The van der Waals surface area contributed by atoms with Crippen LogP contribution in [-0.2, 0) is 6.42 Å². The maximum absolute atomic E-state index is 14.5. The lowest BCUT2D eigenvalue weighted by molar-refractivity contribution is 0.585. The highest BCUT2D eigenvalue weighted by molar-refractivity contribution is 6.31. The largest absolute Gasteiger partial charge is 0.369 e. The zero-order chi connectivity index (χ0) is 26.1. The highest BCUT2D eigenvalue weighted by Gasteiger charge is 2.28. The molecule has 2 aromatic carbocycles. The van der Waals surface area contributed by atoms with Gasteiger partial charge in [-0.1, -0.05) is 23.7 Å².